The zero-order valence-electron chi connectivity index (χ0n) is 12.7. The number of amides is 1. The molecule has 1 amide bonds. The van der Waals surface area contributed by atoms with Gasteiger partial charge in [-0.1, -0.05) is 44.2 Å². The topological polar surface area (TPSA) is 53.5 Å². The van der Waals surface area contributed by atoms with Gasteiger partial charge in [0.15, 0.2) is 0 Å². The van der Waals surface area contributed by atoms with E-state index in [9.17, 15) is 4.79 Å². The van der Waals surface area contributed by atoms with Crippen molar-refractivity contribution < 1.29 is 4.79 Å². The van der Waals surface area contributed by atoms with E-state index in [1.165, 1.54) is 5.56 Å². The van der Waals surface area contributed by atoms with Gasteiger partial charge in [0.05, 0.1) is 6.04 Å². The number of hydrogen-bond acceptors (Lipinski definition) is 3. The molecule has 4 nitrogen and oxygen atoms in total. The van der Waals surface area contributed by atoms with Crippen molar-refractivity contribution in [3.8, 4) is 0 Å². The Balaban J connectivity index is 1.59. The van der Waals surface area contributed by atoms with Gasteiger partial charge in [-0.2, -0.15) is 5.10 Å². The number of nitrogens with zero attached hydrogens (tertiary/aromatic N) is 1. The molecular weight excluding hydrogens is 262 g/mol. The average Bonchev–Trinajstić information content (AvgIpc) is 2.86. The maximum absolute atomic E-state index is 11.8. The van der Waals surface area contributed by atoms with Crippen LogP contribution in [0.5, 0.6) is 0 Å². The van der Waals surface area contributed by atoms with Crippen LogP contribution in [0.15, 0.2) is 35.4 Å². The summed E-state index contributed by atoms with van der Waals surface area (Å²) in [5, 5.41) is 7.58. The summed E-state index contributed by atoms with van der Waals surface area (Å²) >= 11 is 0. The van der Waals surface area contributed by atoms with Gasteiger partial charge >= 0.3 is 0 Å². The monoisotopic (exact) mass is 285 g/mol. The highest BCUT2D eigenvalue weighted by atomic mass is 16.1. The molecule has 0 bridgehead atoms. The van der Waals surface area contributed by atoms with Crippen molar-refractivity contribution >= 4 is 11.6 Å². The number of piperidine rings is 1. The highest BCUT2D eigenvalue weighted by Crippen LogP contribution is 2.32. The van der Waals surface area contributed by atoms with E-state index in [0.29, 0.717) is 6.42 Å². The van der Waals surface area contributed by atoms with Crippen molar-refractivity contribution in [2.24, 2.45) is 10.5 Å². The Bertz CT molecular complexity index is 550. The molecule has 0 radical (unpaired) electrons. The Kier molecular flexibility index (Phi) is 3.70. The van der Waals surface area contributed by atoms with E-state index < -0.39 is 0 Å². The summed E-state index contributed by atoms with van der Waals surface area (Å²) in [6, 6.07) is 10.9. The van der Waals surface area contributed by atoms with Gasteiger partial charge in [0.2, 0.25) is 5.91 Å². The minimum atomic E-state index is 0.0957. The molecule has 2 unspecified atom stereocenters. The van der Waals surface area contributed by atoms with Crippen molar-refractivity contribution in [3.63, 3.8) is 0 Å². The van der Waals surface area contributed by atoms with Gasteiger partial charge in [-0.25, -0.2) is 0 Å². The van der Waals surface area contributed by atoms with E-state index in [1.807, 2.05) is 6.07 Å². The minimum Gasteiger partial charge on any atom is -0.353 e. The molecule has 2 aliphatic rings. The first-order valence-corrected chi connectivity index (χ1v) is 7.67. The van der Waals surface area contributed by atoms with E-state index in [1.54, 1.807) is 0 Å². The summed E-state index contributed by atoms with van der Waals surface area (Å²) in [7, 11) is 0. The van der Waals surface area contributed by atoms with Crippen LogP contribution in [-0.2, 0) is 4.79 Å². The number of carbonyl (C=O) groups excluding carboxylic acids is 1. The van der Waals surface area contributed by atoms with Crippen molar-refractivity contribution in [2.75, 3.05) is 0 Å². The molecule has 0 saturated carbocycles. The van der Waals surface area contributed by atoms with Crippen LogP contribution in [0.25, 0.3) is 0 Å². The Morgan fingerprint density at radius 1 is 1.29 bits per heavy atom. The number of benzene rings is 1. The van der Waals surface area contributed by atoms with Crippen molar-refractivity contribution in [1.29, 1.82) is 0 Å². The predicted molar refractivity (Wildman–Crippen MR) is 83.9 cm³/mol. The first kappa shape index (κ1) is 14.1. The first-order chi connectivity index (χ1) is 10.0. The molecule has 2 heterocycles. The van der Waals surface area contributed by atoms with Crippen LogP contribution in [0.2, 0.25) is 0 Å². The van der Waals surface area contributed by atoms with Crippen LogP contribution in [-0.4, -0.2) is 17.7 Å². The Morgan fingerprint density at radius 2 is 2.05 bits per heavy atom. The number of rotatable bonds is 3. The van der Waals surface area contributed by atoms with Crippen LogP contribution in [0.1, 0.15) is 51.1 Å². The molecule has 0 aromatic heterocycles. The molecule has 1 fully saturated rings. The molecule has 112 valence electrons. The third-order valence-corrected chi connectivity index (χ3v) is 4.31. The van der Waals surface area contributed by atoms with Crippen LogP contribution in [0.3, 0.4) is 0 Å². The van der Waals surface area contributed by atoms with Crippen LogP contribution >= 0.6 is 0 Å². The van der Waals surface area contributed by atoms with Crippen molar-refractivity contribution in [1.82, 2.24) is 10.7 Å². The lowest BCUT2D eigenvalue weighted by atomic mass is 9.78. The standard InChI is InChI=1S/C17H23N3O/c1-17(2)10-14(18-16(21)11-17)8-13-9-15(20-19-13)12-6-4-3-5-7-12/h3-7,14-15,20H,8-11H2,1-2H3,(H,18,21). The number of hydrazone groups is 1. The third kappa shape index (κ3) is 3.43. The number of hydrogen-bond donors (Lipinski definition) is 2. The molecule has 1 saturated heterocycles. The van der Waals surface area contributed by atoms with Gasteiger partial charge < -0.3 is 10.7 Å². The summed E-state index contributed by atoms with van der Waals surface area (Å²) in [4.78, 5) is 11.8. The van der Waals surface area contributed by atoms with Crippen molar-refractivity contribution in [2.45, 2.75) is 51.6 Å². The first-order valence-electron chi connectivity index (χ1n) is 7.67. The molecule has 1 aromatic carbocycles. The van der Waals surface area contributed by atoms with E-state index in [0.717, 1.165) is 25.0 Å². The van der Waals surface area contributed by atoms with E-state index in [4.69, 9.17) is 0 Å². The van der Waals surface area contributed by atoms with E-state index in [2.05, 4.69) is 54.0 Å². The fourth-order valence-electron chi connectivity index (χ4n) is 3.41. The van der Waals surface area contributed by atoms with Gasteiger partial charge in [-0.3, -0.25) is 4.79 Å². The number of carbonyl (C=O) groups is 1. The SMILES string of the molecule is CC1(C)CC(=O)NC(CC2=NNC(c3ccccc3)C2)C1. The molecule has 0 spiro atoms. The van der Waals surface area contributed by atoms with Crippen LogP contribution in [0.4, 0.5) is 0 Å². The van der Waals surface area contributed by atoms with Gasteiger partial charge in [-0.15, -0.1) is 0 Å². The highest BCUT2D eigenvalue weighted by molar-refractivity contribution is 5.88. The Labute approximate surface area is 126 Å². The summed E-state index contributed by atoms with van der Waals surface area (Å²) in [6.45, 7) is 4.33. The summed E-state index contributed by atoms with van der Waals surface area (Å²) in [5.74, 6) is 0.169. The predicted octanol–water partition coefficient (Wildman–Crippen LogP) is 2.77. The second kappa shape index (κ2) is 5.51. The van der Waals surface area contributed by atoms with Crippen LogP contribution < -0.4 is 10.7 Å². The fourth-order valence-corrected chi connectivity index (χ4v) is 3.41. The lowest BCUT2D eigenvalue weighted by Crippen LogP contribution is -2.46. The molecule has 0 aliphatic carbocycles. The van der Waals surface area contributed by atoms with Gasteiger partial charge in [0.25, 0.3) is 0 Å². The molecule has 2 atom stereocenters. The summed E-state index contributed by atoms with van der Waals surface area (Å²) in [6.07, 6.45) is 3.43. The van der Waals surface area contributed by atoms with Crippen LogP contribution in [0, 0.1) is 5.41 Å². The molecular formula is C17H23N3O. The van der Waals surface area contributed by atoms with Gasteiger partial charge in [0.1, 0.15) is 0 Å². The summed E-state index contributed by atoms with van der Waals surface area (Å²) in [5.41, 5.74) is 5.74. The number of nitrogens with one attached hydrogen (secondary N) is 2. The zero-order chi connectivity index (χ0) is 14.9. The quantitative estimate of drug-likeness (QED) is 0.897. The van der Waals surface area contributed by atoms with Gasteiger partial charge in [0, 0.05) is 31.0 Å². The normalized spacial score (nSPS) is 27.7. The van der Waals surface area contributed by atoms with Crippen molar-refractivity contribution in [3.05, 3.63) is 35.9 Å². The smallest absolute Gasteiger partial charge is 0.220 e. The van der Waals surface area contributed by atoms with Gasteiger partial charge in [-0.05, 0) is 17.4 Å². The maximum atomic E-state index is 11.8. The average molecular weight is 285 g/mol. The molecule has 4 heteroatoms. The second-order valence-electron chi connectivity index (χ2n) is 6.99. The minimum absolute atomic E-state index is 0.0957. The molecule has 2 N–H and O–H groups in total. The summed E-state index contributed by atoms with van der Waals surface area (Å²) < 4.78 is 0. The zero-order valence-corrected chi connectivity index (χ0v) is 12.7. The molecule has 21 heavy (non-hydrogen) atoms. The lowest BCUT2D eigenvalue weighted by molar-refractivity contribution is -0.126. The second-order valence-corrected chi connectivity index (χ2v) is 6.99. The Morgan fingerprint density at radius 3 is 2.76 bits per heavy atom. The van der Waals surface area contributed by atoms with E-state index in [-0.39, 0.29) is 23.4 Å². The fraction of sp³-hybridized carbons (Fsp3) is 0.529. The molecule has 2 aliphatic heterocycles. The van der Waals surface area contributed by atoms with E-state index >= 15 is 0 Å². The lowest BCUT2D eigenvalue weighted by Gasteiger charge is -2.35. The third-order valence-electron chi connectivity index (χ3n) is 4.31. The Hall–Kier alpha value is -1.84. The molecule has 3 rings (SSSR count). The largest absolute Gasteiger partial charge is 0.353 e. The highest BCUT2D eigenvalue weighted by Gasteiger charge is 2.33. The maximum Gasteiger partial charge on any atom is 0.220 e. The molecule has 1 aromatic rings.